The molecule has 0 aliphatic rings. The summed E-state index contributed by atoms with van der Waals surface area (Å²) in [4.78, 5) is 6.34. The first-order chi connectivity index (χ1) is 6.97. The Balaban J connectivity index is 2.84. The van der Waals surface area contributed by atoms with Gasteiger partial charge in [-0.15, -0.1) is 0 Å². The third-order valence-electron chi connectivity index (χ3n) is 1.11. The molecule has 1 heterocycles. The molecule has 2 N–H and O–H groups in total. The van der Waals surface area contributed by atoms with Crippen LogP contribution in [0.3, 0.4) is 0 Å². The van der Waals surface area contributed by atoms with E-state index in [9.17, 15) is 17.6 Å². The summed E-state index contributed by atoms with van der Waals surface area (Å²) >= 11 is 0. The lowest BCUT2D eigenvalue weighted by molar-refractivity contribution is -0.0622. The van der Waals surface area contributed by atoms with E-state index in [4.69, 9.17) is 5.73 Å². The SMILES string of the molecule is Nc1cc(OC(F)F)nc(OC(F)F)n1. The lowest BCUT2D eigenvalue weighted by atomic mass is 10.6. The number of alkyl halides is 4. The van der Waals surface area contributed by atoms with Crippen LogP contribution in [0.2, 0.25) is 0 Å². The Hall–Kier alpha value is -1.80. The van der Waals surface area contributed by atoms with E-state index in [1.165, 1.54) is 0 Å². The maximum absolute atomic E-state index is 11.7. The zero-order valence-corrected chi connectivity index (χ0v) is 7.03. The number of halogens is 4. The first kappa shape index (κ1) is 11.3. The number of aromatic nitrogens is 2. The molecule has 9 heteroatoms. The smallest absolute Gasteiger partial charge is 0.389 e. The average molecular weight is 227 g/mol. The lowest BCUT2D eigenvalue weighted by Crippen LogP contribution is -2.09. The van der Waals surface area contributed by atoms with E-state index >= 15 is 0 Å². The highest BCUT2D eigenvalue weighted by atomic mass is 19.3. The van der Waals surface area contributed by atoms with Crippen LogP contribution in [0, 0.1) is 0 Å². The van der Waals surface area contributed by atoms with Gasteiger partial charge in [0, 0.05) is 6.07 Å². The molecule has 84 valence electrons. The summed E-state index contributed by atoms with van der Waals surface area (Å²) in [5, 5.41) is 0. The Morgan fingerprint density at radius 3 is 2.20 bits per heavy atom. The summed E-state index contributed by atoms with van der Waals surface area (Å²) in [5.74, 6) is -0.968. The number of ether oxygens (including phenoxy) is 2. The van der Waals surface area contributed by atoms with Gasteiger partial charge in [0.05, 0.1) is 0 Å². The van der Waals surface area contributed by atoms with Crippen LogP contribution in [0.5, 0.6) is 11.9 Å². The van der Waals surface area contributed by atoms with Crippen LogP contribution in [0.15, 0.2) is 6.07 Å². The minimum atomic E-state index is -3.17. The second-order valence-electron chi connectivity index (χ2n) is 2.17. The molecule has 0 radical (unpaired) electrons. The van der Waals surface area contributed by atoms with E-state index in [1.807, 2.05) is 0 Å². The highest BCUT2D eigenvalue weighted by Gasteiger charge is 2.12. The molecule has 0 amide bonds. The van der Waals surface area contributed by atoms with E-state index in [0.717, 1.165) is 6.07 Å². The van der Waals surface area contributed by atoms with Crippen molar-refractivity contribution in [2.75, 3.05) is 5.73 Å². The first-order valence-corrected chi connectivity index (χ1v) is 3.51. The first-order valence-electron chi connectivity index (χ1n) is 3.51. The number of hydrogen-bond acceptors (Lipinski definition) is 5. The predicted octanol–water partition coefficient (Wildman–Crippen LogP) is 1.26. The fourth-order valence-electron chi connectivity index (χ4n) is 0.705. The monoisotopic (exact) mass is 227 g/mol. The Labute approximate surface area is 80.8 Å². The lowest BCUT2D eigenvalue weighted by Gasteiger charge is -2.06. The average Bonchev–Trinajstić information content (AvgIpc) is 1.98. The molecule has 15 heavy (non-hydrogen) atoms. The van der Waals surface area contributed by atoms with Crippen molar-refractivity contribution in [2.24, 2.45) is 0 Å². The van der Waals surface area contributed by atoms with Crippen LogP contribution in [0.4, 0.5) is 23.4 Å². The third-order valence-corrected chi connectivity index (χ3v) is 1.11. The summed E-state index contributed by atoms with van der Waals surface area (Å²) in [6.45, 7) is -6.31. The number of rotatable bonds is 4. The van der Waals surface area contributed by atoms with Crippen LogP contribution in [-0.2, 0) is 0 Å². The van der Waals surface area contributed by atoms with Gasteiger partial charge in [-0.1, -0.05) is 0 Å². The van der Waals surface area contributed by atoms with Gasteiger partial charge in [0.15, 0.2) is 0 Å². The maximum Gasteiger partial charge on any atom is 0.389 e. The van der Waals surface area contributed by atoms with Crippen molar-refractivity contribution in [3.8, 4) is 11.9 Å². The van der Waals surface area contributed by atoms with Crippen molar-refractivity contribution in [3.63, 3.8) is 0 Å². The highest BCUT2D eigenvalue weighted by molar-refractivity contribution is 5.34. The van der Waals surface area contributed by atoms with Crippen molar-refractivity contribution < 1.29 is 27.0 Å². The summed E-state index contributed by atoms with van der Waals surface area (Å²) in [6.07, 6.45) is 0. The molecule has 0 spiro atoms. The van der Waals surface area contributed by atoms with Gasteiger partial charge >= 0.3 is 19.2 Å². The zero-order valence-electron chi connectivity index (χ0n) is 7.03. The summed E-state index contributed by atoms with van der Waals surface area (Å²) < 4.78 is 54.5. The van der Waals surface area contributed by atoms with Crippen molar-refractivity contribution in [3.05, 3.63) is 6.07 Å². The second kappa shape index (κ2) is 4.62. The normalized spacial score (nSPS) is 10.8. The molecule has 0 aromatic carbocycles. The largest absolute Gasteiger partial charge is 0.417 e. The Kier molecular flexibility index (Phi) is 3.47. The van der Waals surface area contributed by atoms with Gasteiger partial charge in [-0.25, -0.2) is 0 Å². The van der Waals surface area contributed by atoms with Gasteiger partial charge in [0.25, 0.3) is 0 Å². The zero-order chi connectivity index (χ0) is 11.4. The molecule has 1 aromatic rings. The van der Waals surface area contributed by atoms with Crippen LogP contribution in [0.25, 0.3) is 0 Å². The van der Waals surface area contributed by atoms with E-state index in [2.05, 4.69) is 19.4 Å². The predicted molar refractivity (Wildman–Crippen MR) is 39.7 cm³/mol. The van der Waals surface area contributed by atoms with Crippen molar-refractivity contribution >= 4 is 5.82 Å². The second-order valence-corrected chi connectivity index (χ2v) is 2.17. The van der Waals surface area contributed by atoms with Crippen LogP contribution in [-0.4, -0.2) is 23.2 Å². The standard InChI is InChI=1S/C6H5F4N3O2/c7-4(8)14-3-1-2(11)12-6(13-3)15-5(9)10/h1,4-5H,(H2,11,12,13). The Bertz CT molecular complexity index is 308. The summed E-state index contributed by atoms with van der Waals surface area (Å²) in [7, 11) is 0. The molecule has 0 atom stereocenters. The van der Waals surface area contributed by atoms with Gasteiger partial charge in [0.1, 0.15) is 5.82 Å². The van der Waals surface area contributed by atoms with Gasteiger partial charge in [-0.05, 0) is 0 Å². The molecule has 0 saturated carbocycles. The van der Waals surface area contributed by atoms with Crippen LogP contribution >= 0.6 is 0 Å². The highest BCUT2D eigenvalue weighted by Crippen LogP contribution is 2.18. The maximum atomic E-state index is 11.7. The molecule has 0 aliphatic heterocycles. The fraction of sp³-hybridized carbons (Fsp3) is 0.333. The molecule has 1 rings (SSSR count). The number of anilines is 1. The van der Waals surface area contributed by atoms with Gasteiger partial charge in [-0.2, -0.15) is 27.5 Å². The van der Waals surface area contributed by atoms with Crippen molar-refractivity contribution in [1.82, 2.24) is 9.97 Å². The number of nitrogens with zero attached hydrogens (tertiary/aromatic N) is 2. The fourth-order valence-corrected chi connectivity index (χ4v) is 0.705. The summed E-state index contributed by atoms with van der Waals surface area (Å²) in [6, 6.07) is 0.0189. The molecule has 0 fully saturated rings. The van der Waals surface area contributed by atoms with Crippen LogP contribution in [0.1, 0.15) is 0 Å². The molecule has 0 bridgehead atoms. The summed E-state index contributed by atoms with van der Waals surface area (Å²) in [5.41, 5.74) is 5.11. The van der Waals surface area contributed by atoms with Crippen molar-refractivity contribution in [1.29, 1.82) is 0 Å². The van der Waals surface area contributed by atoms with Gasteiger partial charge < -0.3 is 15.2 Å². The van der Waals surface area contributed by atoms with Gasteiger partial charge in [-0.3, -0.25) is 0 Å². The molecular weight excluding hydrogens is 222 g/mol. The minimum Gasteiger partial charge on any atom is -0.417 e. The molecule has 0 saturated heterocycles. The van der Waals surface area contributed by atoms with Gasteiger partial charge in [0.2, 0.25) is 5.88 Å². The minimum absolute atomic E-state index is 0.323. The molecule has 0 unspecified atom stereocenters. The molecule has 1 aromatic heterocycles. The van der Waals surface area contributed by atoms with Crippen molar-refractivity contribution in [2.45, 2.75) is 13.2 Å². The van der Waals surface area contributed by atoms with E-state index < -0.39 is 25.1 Å². The molecular formula is C6H5F4N3O2. The van der Waals surface area contributed by atoms with Crippen LogP contribution < -0.4 is 15.2 Å². The molecule has 0 aliphatic carbocycles. The number of hydrogen-bond donors (Lipinski definition) is 1. The molecule has 5 nitrogen and oxygen atoms in total. The number of nitrogen functional groups attached to an aromatic ring is 1. The van der Waals surface area contributed by atoms with E-state index in [1.54, 1.807) is 0 Å². The Morgan fingerprint density at radius 2 is 1.67 bits per heavy atom. The van der Waals surface area contributed by atoms with E-state index in [0.29, 0.717) is 0 Å². The topological polar surface area (TPSA) is 70.3 Å². The third kappa shape index (κ3) is 3.83. The quantitative estimate of drug-likeness (QED) is 0.784. The number of nitrogens with two attached hydrogens (primary N) is 1. The van der Waals surface area contributed by atoms with E-state index in [-0.39, 0.29) is 5.82 Å². The Morgan fingerprint density at radius 1 is 1.07 bits per heavy atom.